The van der Waals surface area contributed by atoms with Gasteiger partial charge in [0.1, 0.15) is 6.10 Å². The maximum absolute atomic E-state index is 11.6. The van der Waals surface area contributed by atoms with Gasteiger partial charge in [-0.2, -0.15) is 0 Å². The highest BCUT2D eigenvalue weighted by Crippen LogP contribution is 2.30. The molecule has 2 aliphatic heterocycles. The largest absolute Gasteiger partial charge is 0.461 e. The molecule has 25 heavy (non-hydrogen) atoms. The van der Waals surface area contributed by atoms with Gasteiger partial charge in [-0.15, -0.1) is 0 Å². The standard InChI is InChI=1S/C21H22N2O2/c24-21-13-15-12-16(25-21)14-22(15)10-5-11-23-19-8-3-1-6-17(19)18-7-2-4-9-20(18)23/h1-4,6-9,15-16H,5,10-14H2/t15-,16-/m0/s1. The Bertz CT molecular complexity index is 892. The van der Waals surface area contributed by atoms with Gasteiger partial charge in [-0.1, -0.05) is 36.4 Å². The van der Waals surface area contributed by atoms with Crippen LogP contribution < -0.4 is 0 Å². The predicted molar refractivity (Wildman–Crippen MR) is 98.5 cm³/mol. The van der Waals surface area contributed by atoms with Gasteiger partial charge in [0, 0.05) is 53.9 Å². The normalized spacial score (nSPS) is 23.4. The van der Waals surface area contributed by atoms with Crippen molar-refractivity contribution >= 4 is 27.8 Å². The number of benzene rings is 2. The molecule has 2 atom stereocenters. The molecule has 5 rings (SSSR count). The lowest BCUT2D eigenvalue weighted by atomic mass is 10.1. The van der Waals surface area contributed by atoms with Crippen LogP contribution in [0.5, 0.6) is 0 Å². The fourth-order valence-corrected chi connectivity index (χ4v) is 4.61. The van der Waals surface area contributed by atoms with Crippen molar-refractivity contribution in [1.82, 2.24) is 9.47 Å². The van der Waals surface area contributed by atoms with Crippen molar-refractivity contribution in [2.45, 2.75) is 38.0 Å². The topological polar surface area (TPSA) is 34.5 Å². The number of ether oxygens (including phenoxy) is 1. The quantitative estimate of drug-likeness (QED) is 0.684. The van der Waals surface area contributed by atoms with E-state index in [0.29, 0.717) is 12.5 Å². The summed E-state index contributed by atoms with van der Waals surface area (Å²) in [5, 5.41) is 2.66. The highest BCUT2D eigenvalue weighted by atomic mass is 16.5. The number of rotatable bonds is 4. The van der Waals surface area contributed by atoms with Gasteiger partial charge in [0.25, 0.3) is 0 Å². The Morgan fingerprint density at radius 2 is 1.64 bits per heavy atom. The van der Waals surface area contributed by atoms with Crippen molar-refractivity contribution in [3.63, 3.8) is 0 Å². The minimum atomic E-state index is -0.0221. The second kappa shape index (κ2) is 5.88. The highest BCUT2D eigenvalue weighted by molar-refractivity contribution is 6.07. The number of likely N-dealkylation sites (tertiary alicyclic amines) is 1. The van der Waals surface area contributed by atoms with Crippen LogP contribution in [0.25, 0.3) is 21.8 Å². The number of hydrogen-bond acceptors (Lipinski definition) is 3. The summed E-state index contributed by atoms with van der Waals surface area (Å²) in [5.74, 6) is -0.0221. The molecule has 0 amide bonds. The van der Waals surface area contributed by atoms with Gasteiger partial charge >= 0.3 is 5.97 Å². The van der Waals surface area contributed by atoms with Crippen LogP contribution in [-0.4, -0.2) is 40.7 Å². The second-order valence-electron chi connectivity index (χ2n) is 7.24. The summed E-state index contributed by atoms with van der Waals surface area (Å²) in [6.45, 7) is 2.93. The van der Waals surface area contributed by atoms with Gasteiger partial charge in [0.05, 0.1) is 6.42 Å². The van der Waals surface area contributed by atoms with Crippen molar-refractivity contribution in [2.24, 2.45) is 0 Å². The van der Waals surface area contributed by atoms with Gasteiger partial charge in [-0.05, 0) is 18.6 Å². The SMILES string of the molecule is O=C1C[C@@H]2C[C@@H](CN2CCCn2c3ccccc3c3ccccc32)O1. The Labute approximate surface area is 147 Å². The monoisotopic (exact) mass is 334 g/mol. The predicted octanol–water partition coefficient (Wildman–Crippen LogP) is 3.57. The Morgan fingerprint density at radius 3 is 2.36 bits per heavy atom. The average Bonchev–Trinajstić information content (AvgIpc) is 3.10. The molecule has 0 spiro atoms. The van der Waals surface area contributed by atoms with E-state index in [1.165, 1.54) is 21.8 Å². The van der Waals surface area contributed by atoms with E-state index in [2.05, 4.69) is 58.0 Å². The summed E-state index contributed by atoms with van der Waals surface area (Å²) in [6, 6.07) is 17.7. The average molecular weight is 334 g/mol. The van der Waals surface area contributed by atoms with Crippen LogP contribution in [0.1, 0.15) is 19.3 Å². The number of aryl methyl sites for hydroxylation is 1. The lowest BCUT2D eigenvalue weighted by Crippen LogP contribution is -2.32. The van der Waals surface area contributed by atoms with Gasteiger partial charge < -0.3 is 9.30 Å². The van der Waals surface area contributed by atoms with E-state index in [9.17, 15) is 4.79 Å². The third-order valence-electron chi connectivity index (χ3n) is 5.70. The maximum Gasteiger partial charge on any atom is 0.307 e. The van der Waals surface area contributed by atoms with Crippen molar-refractivity contribution in [3.8, 4) is 0 Å². The molecule has 2 bridgehead atoms. The molecule has 2 saturated heterocycles. The van der Waals surface area contributed by atoms with E-state index < -0.39 is 0 Å². The van der Waals surface area contributed by atoms with Gasteiger partial charge in [0.15, 0.2) is 0 Å². The number of carbonyl (C=O) groups excluding carboxylic acids is 1. The van der Waals surface area contributed by atoms with E-state index in [1.54, 1.807) is 0 Å². The molecule has 2 aromatic carbocycles. The van der Waals surface area contributed by atoms with Gasteiger partial charge in [-0.25, -0.2) is 0 Å². The van der Waals surface area contributed by atoms with E-state index in [4.69, 9.17) is 4.74 Å². The maximum atomic E-state index is 11.6. The summed E-state index contributed by atoms with van der Waals surface area (Å²) in [5.41, 5.74) is 2.62. The molecule has 0 unspecified atom stereocenters. The first-order valence-corrected chi connectivity index (χ1v) is 9.19. The number of para-hydroxylation sites is 2. The lowest BCUT2D eigenvalue weighted by molar-refractivity contribution is -0.151. The molecule has 128 valence electrons. The van der Waals surface area contributed by atoms with Crippen molar-refractivity contribution in [1.29, 1.82) is 0 Å². The second-order valence-corrected chi connectivity index (χ2v) is 7.24. The van der Waals surface area contributed by atoms with Gasteiger partial charge in [0.2, 0.25) is 0 Å². The molecular formula is C21H22N2O2. The first kappa shape index (κ1) is 15.0. The molecule has 2 aliphatic rings. The fourth-order valence-electron chi connectivity index (χ4n) is 4.61. The summed E-state index contributed by atoms with van der Waals surface area (Å²) in [6.07, 6.45) is 2.78. The zero-order chi connectivity index (χ0) is 16.8. The number of esters is 1. The summed E-state index contributed by atoms with van der Waals surface area (Å²) < 4.78 is 7.83. The number of aromatic nitrogens is 1. The molecule has 0 saturated carbocycles. The van der Waals surface area contributed by atoms with Gasteiger partial charge in [-0.3, -0.25) is 9.69 Å². The van der Waals surface area contributed by atoms with Crippen LogP contribution in [-0.2, 0) is 16.1 Å². The first-order chi connectivity index (χ1) is 12.3. The number of carbonyl (C=O) groups is 1. The van der Waals surface area contributed by atoms with Crippen LogP contribution in [0.15, 0.2) is 48.5 Å². The smallest absolute Gasteiger partial charge is 0.307 e. The van der Waals surface area contributed by atoms with E-state index >= 15 is 0 Å². The molecule has 4 nitrogen and oxygen atoms in total. The van der Waals surface area contributed by atoms with E-state index in [1.807, 2.05) is 0 Å². The molecular weight excluding hydrogens is 312 g/mol. The zero-order valence-electron chi connectivity index (χ0n) is 14.2. The van der Waals surface area contributed by atoms with Crippen LogP contribution in [0, 0.1) is 0 Å². The Kier molecular flexibility index (Phi) is 3.52. The molecule has 3 heterocycles. The molecule has 0 aliphatic carbocycles. The molecule has 2 fully saturated rings. The zero-order valence-corrected chi connectivity index (χ0v) is 14.2. The molecule has 0 N–H and O–H groups in total. The highest BCUT2D eigenvalue weighted by Gasteiger charge is 2.39. The van der Waals surface area contributed by atoms with Crippen LogP contribution in [0.2, 0.25) is 0 Å². The number of nitrogens with zero attached hydrogens (tertiary/aromatic N) is 2. The third kappa shape index (κ3) is 2.52. The third-order valence-corrected chi connectivity index (χ3v) is 5.70. The Balaban J connectivity index is 1.37. The molecule has 3 aromatic rings. The minimum absolute atomic E-state index is 0.0221. The van der Waals surface area contributed by atoms with Crippen LogP contribution >= 0.6 is 0 Å². The lowest BCUT2D eigenvalue weighted by Gasteiger charge is -2.23. The molecule has 4 heteroatoms. The molecule has 0 radical (unpaired) electrons. The molecule has 1 aromatic heterocycles. The number of fused-ring (bicyclic) bond motifs is 5. The minimum Gasteiger partial charge on any atom is -0.461 e. The first-order valence-electron chi connectivity index (χ1n) is 9.19. The Hall–Kier alpha value is -2.33. The van der Waals surface area contributed by atoms with E-state index in [0.717, 1.165) is 32.5 Å². The van der Waals surface area contributed by atoms with Crippen LogP contribution in [0.4, 0.5) is 0 Å². The van der Waals surface area contributed by atoms with Crippen molar-refractivity contribution in [3.05, 3.63) is 48.5 Å². The van der Waals surface area contributed by atoms with E-state index in [-0.39, 0.29) is 12.1 Å². The number of hydrogen-bond donors (Lipinski definition) is 0. The fraction of sp³-hybridized carbons (Fsp3) is 0.381. The summed E-state index contributed by atoms with van der Waals surface area (Å²) >= 11 is 0. The summed E-state index contributed by atoms with van der Waals surface area (Å²) in [4.78, 5) is 14.0. The Morgan fingerprint density at radius 1 is 0.960 bits per heavy atom. The van der Waals surface area contributed by atoms with Crippen LogP contribution in [0.3, 0.4) is 0 Å². The van der Waals surface area contributed by atoms with Crippen molar-refractivity contribution in [2.75, 3.05) is 13.1 Å². The summed E-state index contributed by atoms with van der Waals surface area (Å²) in [7, 11) is 0. The van der Waals surface area contributed by atoms with Crippen molar-refractivity contribution < 1.29 is 9.53 Å².